The van der Waals surface area contributed by atoms with Gasteiger partial charge in [-0.3, -0.25) is 4.79 Å². The third-order valence-corrected chi connectivity index (χ3v) is 3.49. The molecule has 4 heteroatoms. The molecule has 0 heterocycles. The number of nitrogens with zero attached hydrogens (tertiary/aromatic N) is 1. The van der Waals surface area contributed by atoms with Gasteiger partial charge in [0, 0.05) is 6.54 Å². The van der Waals surface area contributed by atoms with Crippen LogP contribution in [-0.2, 0) is 9.53 Å². The smallest absolute Gasteiger partial charge is 0.327 e. The number of likely N-dealkylation sites (N-methyl/N-ethyl adjacent to an activating group) is 1. The lowest BCUT2D eigenvalue weighted by Crippen LogP contribution is -2.58. The van der Waals surface area contributed by atoms with E-state index in [1.165, 1.54) is 7.11 Å². The number of hydrogen-bond acceptors (Lipinski definition) is 4. The Balaban J connectivity index is 2.51. The average Bonchev–Trinajstić information content (AvgIpc) is 3.08. The number of hydrogen-bond donors (Lipinski definition) is 1. The molecule has 2 N–H and O–H groups in total. The molecule has 0 spiro atoms. The number of esters is 1. The van der Waals surface area contributed by atoms with Crippen LogP contribution in [0.3, 0.4) is 0 Å². The van der Waals surface area contributed by atoms with Gasteiger partial charge in [-0.05, 0) is 44.7 Å². The van der Waals surface area contributed by atoms with Crippen LogP contribution in [0.5, 0.6) is 0 Å². The van der Waals surface area contributed by atoms with Crippen molar-refractivity contribution in [3.8, 4) is 0 Å². The third-order valence-electron chi connectivity index (χ3n) is 3.49. The molecule has 1 rings (SSSR count). The highest BCUT2D eigenvalue weighted by atomic mass is 16.5. The van der Waals surface area contributed by atoms with Crippen LogP contribution in [0, 0.1) is 11.8 Å². The number of carbonyl (C=O) groups excluding carboxylic acids is 1. The van der Waals surface area contributed by atoms with Crippen molar-refractivity contribution >= 4 is 5.97 Å². The predicted octanol–water partition coefficient (Wildman–Crippen LogP) is 1.24. The lowest BCUT2D eigenvalue weighted by Gasteiger charge is -2.31. The van der Waals surface area contributed by atoms with Gasteiger partial charge in [-0.2, -0.15) is 0 Å². The first kappa shape index (κ1) is 14.5. The second-order valence-corrected chi connectivity index (χ2v) is 5.73. The van der Waals surface area contributed by atoms with Gasteiger partial charge in [0.25, 0.3) is 0 Å². The molecule has 1 unspecified atom stereocenters. The Hall–Kier alpha value is -0.610. The second kappa shape index (κ2) is 5.83. The molecule has 1 aliphatic carbocycles. The fourth-order valence-electron chi connectivity index (χ4n) is 2.15. The van der Waals surface area contributed by atoms with Gasteiger partial charge in [0.05, 0.1) is 7.11 Å². The molecule has 0 saturated heterocycles. The molecule has 100 valence electrons. The first-order valence-corrected chi connectivity index (χ1v) is 6.46. The summed E-state index contributed by atoms with van der Waals surface area (Å²) < 4.78 is 4.85. The van der Waals surface area contributed by atoms with E-state index in [9.17, 15) is 4.79 Å². The Morgan fingerprint density at radius 1 is 1.53 bits per heavy atom. The van der Waals surface area contributed by atoms with Crippen LogP contribution in [0.4, 0.5) is 0 Å². The van der Waals surface area contributed by atoms with Gasteiger partial charge in [0.2, 0.25) is 0 Å². The molecule has 0 radical (unpaired) electrons. The third kappa shape index (κ3) is 3.96. The number of nitrogens with two attached hydrogens (primary N) is 1. The summed E-state index contributed by atoms with van der Waals surface area (Å²) in [5, 5.41) is 0. The quantitative estimate of drug-likeness (QED) is 0.683. The monoisotopic (exact) mass is 242 g/mol. The van der Waals surface area contributed by atoms with Gasteiger partial charge in [-0.25, -0.2) is 0 Å². The Morgan fingerprint density at radius 2 is 2.12 bits per heavy atom. The fourth-order valence-corrected chi connectivity index (χ4v) is 2.15. The minimum atomic E-state index is -0.805. The van der Waals surface area contributed by atoms with Crippen molar-refractivity contribution in [3.63, 3.8) is 0 Å². The molecule has 0 bridgehead atoms. The largest absolute Gasteiger partial charge is 0.468 e. The summed E-state index contributed by atoms with van der Waals surface area (Å²) in [6, 6.07) is 0. The van der Waals surface area contributed by atoms with Gasteiger partial charge < -0.3 is 15.4 Å². The van der Waals surface area contributed by atoms with E-state index in [-0.39, 0.29) is 5.97 Å². The van der Waals surface area contributed by atoms with Gasteiger partial charge in [-0.15, -0.1) is 0 Å². The summed E-state index contributed by atoms with van der Waals surface area (Å²) in [4.78, 5) is 14.0. The maximum atomic E-state index is 11.8. The molecule has 0 aromatic heterocycles. The van der Waals surface area contributed by atoms with E-state index in [2.05, 4.69) is 18.7 Å². The standard InChI is InChI=1S/C13H26N2O2/c1-10(2)7-8-15(3)9-13(14,11-5-6-11)12(16)17-4/h10-11H,5-9,14H2,1-4H3. The lowest BCUT2D eigenvalue weighted by atomic mass is 9.93. The molecule has 0 aliphatic heterocycles. The second-order valence-electron chi connectivity index (χ2n) is 5.73. The average molecular weight is 242 g/mol. The number of rotatable bonds is 7. The van der Waals surface area contributed by atoms with E-state index >= 15 is 0 Å². The summed E-state index contributed by atoms with van der Waals surface area (Å²) in [5.74, 6) is 0.705. The first-order valence-electron chi connectivity index (χ1n) is 6.46. The summed E-state index contributed by atoms with van der Waals surface area (Å²) in [6.07, 6.45) is 3.21. The van der Waals surface area contributed by atoms with Crippen LogP contribution in [0.15, 0.2) is 0 Å². The Kier molecular flexibility index (Phi) is 4.95. The Bertz CT molecular complexity index is 264. The van der Waals surface area contributed by atoms with Crippen molar-refractivity contribution in [2.45, 2.75) is 38.6 Å². The molecule has 1 saturated carbocycles. The van der Waals surface area contributed by atoms with Crippen molar-refractivity contribution in [3.05, 3.63) is 0 Å². The highest BCUT2D eigenvalue weighted by Crippen LogP contribution is 2.39. The van der Waals surface area contributed by atoms with Crippen molar-refractivity contribution in [2.75, 3.05) is 27.2 Å². The summed E-state index contributed by atoms with van der Waals surface area (Å²) in [7, 11) is 3.44. The van der Waals surface area contributed by atoms with Crippen molar-refractivity contribution in [2.24, 2.45) is 17.6 Å². The highest BCUT2D eigenvalue weighted by Gasteiger charge is 2.49. The fraction of sp³-hybridized carbons (Fsp3) is 0.923. The predicted molar refractivity (Wildman–Crippen MR) is 68.6 cm³/mol. The molecule has 0 aromatic rings. The zero-order chi connectivity index (χ0) is 13.1. The van der Waals surface area contributed by atoms with Crippen LogP contribution in [-0.4, -0.2) is 43.7 Å². The van der Waals surface area contributed by atoms with E-state index in [1.807, 2.05) is 7.05 Å². The molecule has 1 atom stereocenters. The van der Waals surface area contributed by atoms with E-state index in [0.717, 1.165) is 25.8 Å². The summed E-state index contributed by atoms with van der Waals surface area (Å²) in [5.41, 5.74) is 5.44. The molecule has 1 fully saturated rings. The number of ether oxygens (including phenoxy) is 1. The molecule has 0 amide bonds. The van der Waals surface area contributed by atoms with Gasteiger partial charge in [0.1, 0.15) is 5.54 Å². The highest BCUT2D eigenvalue weighted by molar-refractivity contribution is 5.81. The van der Waals surface area contributed by atoms with Crippen molar-refractivity contribution < 1.29 is 9.53 Å². The number of carbonyl (C=O) groups is 1. The van der Waals surface area contributed by atoms with Crippen LogP contribution >= 0.6 is 0 Å². The maximum absolute atomic E-state index is 11.8. The normalized spacial score (nSPS) is 19.5. The summed E-state index contributed by atoms with van der Waals surface area (Å²) in [6.45, 7) is 5.97. The Morgan fingerprint density at radius 3 is 2.53 bits per heavy atom. The number of methoxy groups -OCH3 is 1. The molecular weight excluding hydrogens is 216 g/mol. The zero-order valence-electron chi connectivity index (χ0n) is 11.5. The van der Waals surface area contributed by atoms with E-state index < -0.39 is 5.54 Å². The van der Waals surface area contributed by atoms with Crippen LogP contribution < -0.4 is 5.73 Å². The molecule has 17 heavy (non-hydrogen) atoms. The van der Waals surface area contributed by atoms with Crippen molar-refractivity contribution in [1.82, 2.24) is 4.90 Å². The molecule has 1 aliphatic rings. The SMILES string of the molecule is COC(=O)C(N)(CN(C)CCC(C)C)C1CC1. The Labute approximate surface area is 104 Å². The van der Waals surface area contributed by atoms with Crippen molar-refractivity contribution in [1.29, 1.82) is 0 Å². The molecule has 4 nitrogen and oxygen atoms in total. The van der Waals surface area contributed by atoms with Crippen LogP contribution in [0.25, 0.3) is 0 Å². The van der Waals surface area contributed by atoms with Gasteiger partial charge >= 0.3 is 5.97 Å². The topological polar surface area (TPSA) is 55.6 Å². The van der Waals surface area contributed by atoms with Crippen LogP contribution in [0.2, 0.25) is 0 Å². The maximum Gasteiger partial charge on any atom is 0.327 e. The minimum absolute atomic E-state index is 0.267. The summed E-state index contributed by atoms with van der Waals surface area (Å²) >= 11 is 0. The molecular formula is C13H26N2O2. The van der Waals surface area contributed by atoms with Gasteiger partial charge in [-0.1, -0.05) is 13.8 Å². The van der Waals surface area contributed by atoms with E-state index in [0.29, 0.717) is 18.4 Å². The minimum Gasteiger partial charge on any atom is -0.468 e. The van der Waals surface area contributed by atoms with E-state index in [1.54, 1.807) is 0 Å². The molecule has 0 aromatic carbocycles. The van der Waals surface area contributed by atoms with Gasteiger partial charge in [0.15, 0.2) is 0 Å². The zero-order valence-corrected chi connectivity index (χ0v) is 11.5. The van der Waals surface area contributed by atoms with E-state index in [4.69, 9.17) is 10.5 Å². The first-order chi connectivity index (χ1) is 7.90. The lowest BCUT2D eigenvalue weighted by molar-refractivity contribution is -0.148. The van der Waals surface area contributed by atoms with Crippen LogP contribution in [0.1, 0.15) is 33.1 Å².